The molecule has 0 fully saturated rings. The van der Waals surface area contributed by atoms with E-state index in [1.807, 2.05) is 27.7 Å². The lowest BCUT2D eigenvalue weighted by atomic mass is 10.1. The van der Waals surface area contributed by atoms with Crippen molar-refractivity contribution < 1.29 is 13.5 Å². The highest BCUT2D eigenvalue weighted by Gasteiger charge is 2.32. The summed E-state index contributed by atoms with van der Waals surface area (Å²) in [6.45, 7) is 9.78. The van der Waals surface area contributed by atoms with E-state index in [4.69, 9.17) is 5.11 Å². The Hall–Kier alpha value is -0.130. The molecular weight excluding hydrogens is 238 g/mol. The summed E-state index contributed by atoms with van der Waals surface area (Å²) in [6.07, 6.45) is 1.61. The Labute approximate surface area is 106 Å². The van der Waals surface area contributed by atoms with Gasteiger partial charge in [0.2, 0.25) is 10.0 Å². The monoisotopic (exact) mass is 265 g/mol. The van der Waals surface area contributed by atoms with Crippen LogP contribution in [0.3, 0.4) is 0 Å². The van der Waals surface area contributed by atoms with Gasteiger partial charge in [-0.05, 0) is 25.7 Å². The van der Waals surface area contributed by atoms with Crippen LogP contribution < -0.4 is 0 Å². The minimum Gasteiger partial charge on any atom is -0.395 e. The summed E-state index contributed by atoms with van der Waals surface area (Å²) < 4.78 is 26.2. The SMILES string of the molecule is CCC(CC)N(CC(C)C)S(=O)(=O)C(C)CO. The molecule has 0 aliphatic heterocycles. The summed E-state index contributed by atoms with van der Waals surface area (Å²) in [7, 11) is -3.39. The van der Waals surface area contributed by atoms with Crippen molar-refractivity contribution >= 4 is 10.0 Å². The van der Waals surface area contributed by atoms with Gasteiger partial charge in [-0.15, -0.1) is 0 Å². The second-order valence-corrected chi connectivity index (χ2v) is 7.28. The molecule has 0 aliphatic carbocycles. The molecule has 0 saturated carbocycles. The highest BCUT2D eigenvalue weighted by atomic mass is 32.2. The molecule has 1 unspecified atom stereocenters. The highest BCUT2D eigenvalue weighted by molar-refractivity contribution is 7.89. The number of aliphatic hydroxyl groups is 1. The number of hydrogen-bond acceptors (Lipinski definition) is 3. The number of aliphatic hydroxyl groups excluding tert-OH is 1. The summed E-state index contributed by atoms with van der Waals surface area (Å²) in [5.74, 6) is 0.288. The predicted octanol–water partition coefficient (Wildman–Crippen LogP) is 1.84. The summed E-state index contributed by atoms with van der Waals surface area (Å²) in [4.78, 5) is 0. The number of hydrogen-bond donors (Lipinski definition) is 1. The zero-order chi connectivity index (χ0) is 13.6. The van der Waals surface area contributed by atoms with Crippen molar-refractivity contribution in [1.82, 2.24) is 4.31 Å². The van der Waals surface area contributed by atoms with Crippen molar-refractivity contribution in [1.29, 1.82) is 0 Å². The topological polar surface area (TPSA) is 57.6 Å². The molecule has 0 aromatic carbocycles. The van der Waals surface area contributed by atoms with Crippen LogP contribution in [0.5, 0.6) is 0 Å². The lowest BCUT2D eigenvalue weighted by molar-refractivity contribution is 0.257. The first-order valence-corrected chi connectivity index (χ1v) is 7.92. The maximum absolute atomic E-state index is 12.3. The van der Waals surface area contributed by atoms with Gasteiger partial charge < -0.3 is 5.11 Å². The molecule has 0 aromatic rings. The van der Waals surface area contributed by atoms with E-state index in [0.29, 0.717) is 6.54 Å². The Bertz CT molecular complexity index is 297. The first-order valence-electron chi connectivity index (χ1n) is 6.42. The van der Waals surface area contributed by atoms with E-state index in [1.54, 1.807) is 11.2 Å². The summed E-state index contributed by atoms with van der Waals surface area (Å²) >= 11 is 0. The lowest BCUT2D eigenvalue weighted by Crippen LogP contribution is -2.46. The summed E-state index contributed by atoms with van der Waals surface area (Å²) in [6, 6.07) is 0.0383. The standard InChI is InChI=1S/C12H27NO3S/c1-6-12(7-2)13(8-10(3)4)17(15,16)11(5)9-14/h10-12,14H,6-9H2,1-5H3. The second-order valence-electron chi connectivity index (χ2n) is 4.97. The Morgan fingerprint density at radius 2 is 1.59 bits per heavy atom. The molecule has 1 atom stereocenters. The van der Waals surface area contributed by atoms with Crippen molar-refractivity contribution in [2.75, 3.05) is 13.2 Å². The second kappa shape index (κ2) is 7.34. The van der Waals surface area contributed by atoms with Crippen LogP contribution in [0, 0.1) is 5.92 Å². The zero-order valence-corrected chi connectivity index (χ0v) is 12.5. The summed E-state index contributed by atoms with van der Waals surface area (Å²) in [5, 5.41) is 8.35. The van der Waals surface area contributed by atoms with Crippen LogP contribution in [-0.2, 0) is 10.0 Å². The van der Waals surface area contributed by atoms with Crippen molar-refractivity contribution in [2.45, 2.75) is 58.8 Å². The molecule has 0 rings (SSSR count). The minimum atomic E-state index is -3.39. The van der Waals surface area contributed by atoms with E-state index in [0.717, 1.165) is 12.8 Å². The zero-order valence-electron chi connectivity index (χ0n) is 11.7. The Morgan fingerprint density at radius 3 is 1.88 bits per heavy atom. The molecule has 5 heteroatoms. The van der Waals surface area contributed by atoms with Crippen LogP contribution in [0.25, 0.3) is 0 Å². The van der Waals surface area contributed by atoms with E-state index in [2.05, 4.69) is 0 Å². The van der Waals surface area contributed by atoms with E-state index in [9.17, 15) is 8.42 Å². The van der Waals surface area contributed by atoms with Crippen molar-refractivity contribution in [3.8, 4) is 0 Å². The third-order valence-electron chi connectivity index (χ3n) is 2.99. The Balaban J connectivity index is 5.16. The normalized spacial score (nSPS) is 14.9. The van der Waals surface area contributed by atoms with E-state index < -0.39 is 15.3 Å². The molecule has 104 valence electrons. The van der Waals surface area contributed by atoms with Crippen molar-refractivity contribution in [2.24, 2.45) is 5.92 Å². The minimum absolute atomic E-state index is 0.0383. The van der Waals surface area contributed by atoms with Gasteiger partial charge in [0.25, 0.3) is 0 Å². The molecule has 0 amide bonds. The first kappa shape index (κ1) is 16.9. The van der Waals surface area contributed by atoms with Crippen LogP contribution in [-0.4, -0.2) is 42.3 Å². The molecule has 1 N–H and O–H groups in total. The first-order chi connectivity index (χ1) is 7.81. The predicted molar refractivity (Wildman–Crippen MR) is 71.4 cm³/mol. The fourth-order valence-corrected chi connectivity index (χ4v) is 3.71. The molecule has 4 nitrogen and oxygen atoms in total. The Kier molecular flexibility index (Phi) is 7.28. The van der Waals surface area contributed by atoms with Crippen LogP contribution in [0.4, 0.5) is 0 Å². The molecule has 17 heavy (non-hydrogen) atoms. The van der Waals surface area contributed by atoms with Crippen molar-refractivity contribution in [3.63, 3.8) is 0 Å². The van der Waals surface area contributed by atoms with Gasteiger partial charge in [0.15, 0.2) is 0 Å². The molecular formula is C12H27NO3S. The van der Waals surface area contributed by atoms with Gasteiger partial charge in [-0.3, -0.25) is 0 Å². The maximum atomic E-state index is 12.3. The number of sulfonamides is 1. The van der Waals surface area contributed by atoms with Gasteiger partial charge in [0, 0.05) is 12.6 Å². The smallest absolute Gasteiger partial charge is 0.219 e. The van der Waals surface area contributed by atoms with E-state index in [-0.39, 0.29) is 18.6 Å². The van der Waals surface area contributed by atoms with Gasteiger partial charge >= 0.3 is 0 Å². The average molecular weight is 265 g/mol. The number of rotatable bonds is 8. The van der Waals surface area contributed by atoms with Gasteiger partial charge in [0.1, 0.15) is 0 Å². The third-order valence-corrected chi connectivity index (χ3v) is 5.25. The molecule has 0 saturated heterocycles. The fraction of sp³-hybridized carbons (Fsp3) is 1.00. The fourth-order valence-electron chi connectivity index (χ4n) is 1.84. The number of nitrogens with zero attached hydrogens (tertiary/aromatic N) is 1. The van der Waals surface area contributed by atoms with Crippen LogP contribution >= 0.6 is 0 Å². The molecule has 0 bridgehead atoms. The molecule has 0 heterocycles. The van der Waals surface area contributed by atoms with Crippen molar-refractivity contribution in [3.05, 3.63) is 0 Å². The summed E-state index contributed by atoms with van der Waals surface area (Å²) in [5.41, 5.74) is 0. The molecule has 0 spiro atoms. The van der Waals surface area contributed by atoms with Crippen LogP contribution in [0.15, 0.2) is 0 Å². The molecule has 0 aliphatic rings. The average Bonchev–Trinajstić information content (AvgIpc) is 2.27. The van der Waals surface area contributed by atoms with E-state index in [1.165, 1.54) is 0 Å². The molecule has 0 radical (unpaired) electrons. The van der Waals surface area contributed by atoms with Crippen LogP contribution in [0.1, 0.15) is 47.5 Å². The lowest BCUT2D eigenvalue weighted by Gasteiger charge is -2.32. The molecule has 0 aromatic heterocycles. The Morgan fingerprint density at radius 1 is 1.12 bits per heavy atom. The van der Waals surface area contributed by atoms with Gasteiger partial charge in [0.05, 0.1) is 11.9 Å². The van der Waals surface area contributed by atoms with Gasteiger partial charge in [-0.25, -0.2) is 8.42 Å². The third kappa shape index (κ3) is 4.56. The van der Waals surface area contributed by atoms with Gasteiger partial charge in [-0.2, -0.15) is 4.31 Å². The largest absolute Gasteiger partial charge is 0.395 e. The van der Waals surface area contributed by atoms with Gasteiger partial charge in [-0.1, -0.05) is 27.7 Å². The maximum Gasteiger partial charge on any atom is 0.219 e. The van der Waals surface area contributed by atoms with E-state index >= 15 is 0 Å². The highest BCUT2D eigenvalue weighted by Crippen LogP contribution is 2.19. The van der Waals surface area contributed by atoms with Crippen LogP contribution in [0.2, 0.25) is 0 Å². The quantitative estimate of drug-likeness (QED) is 0.728.